The first-order valence-corrected chi connectivity index (χ1v) is 6.83. The minimum Gasteiger partial charge on any atom is -0.496 e. The zero-order valence-corrected chi connectivity index (χ0v) is 11.8. The molecule has 1 aliphatic rings. The third kappa shape index (κ3) is 2.88. The number of hydrogen-bond donors (Lipinski definition) is 1. The highest BCUT2D eigenvalue weighted by atomic mass is 35.5. The second-order valence-electron chi connectivity index (χ2n) is 4.63. The van der Waals surface area contributed by atoms with E-state index in [1.165, 1.54) is 24.8 Å². The number of halogens is 1. The lowest BCUT2D eigenvalue weighted by molar-refractivity contribution is 0.404. The number of methoxy groups -OCH3 is 1. The minimum absolute atomic E-state index is 0.207. The number of allylic oxidation sites excluding steroid dienone is 1. The molecular formula is C15H20ClNO. The van der Waals surface area contributed by atoms with Crippen molar-refractivity contribution in [1.29, 1.82) is 0 Å². The fraction of sp³-hybridized carbons (Fsp3) is 0.467. The lowest BCUT2D eigenvalue weighted by Crippen LogP contribution is -2.20. The molecule has 0 heterocycles. The highest BCUT2D eigenvalue weighted by Gasteiger charge is 2.20. The molecule has 1 unspecified atom stereocenters. The third-order valence-electron chi connectivity index (χ3n) is 3.49. The van der Waals surface area contributed by atoms with Gasteiger partial charge in [0.2, 0.25) is 0 Å². The van der Waals surface area contributed by atoms with Gasteiger partial charge in [0.25, 0.3) is 0 Å². The maximum Gasteiger partial charge on any atom is 0.124 e. The van der Waals surface area contributed by atoms with Crippen molar-refractivity contribution in [3.05, 3.63) is 40.4 Å². The van der Waals surface area contributed by atoms with Crippen molar-refractivity contribution in [3.8, 4) is 5.75 Å². The van der Waals surface area contributed by atoms with E-state index in [0.717, 1.165) is 22.8 Å². The van der Waals surface area contributed by atoms with Gasteiger partial charge in [-0.2, -0.15) is 0 Å². The maximum atomic E-state index is 6.11. The van der Waals surface area contributed by atoms with Crippen molar-refractivity contribution in [2.45, 2.75) is 31.7 Å². The third-order valence-corrected chi connectivity index (χ3v) is 3.72. The number of benzene rings is 1. The summed E-state index contributed by atoms with van der Waals surface area (Å²) in [7, 11) is 3.69. The second-order valence-corrected chi connectivity index (χ2v) is 5.07. The van der Waals surface area contributed by atoms with Gasteiger partial charge in [-0.3, -0.25) is 0 Å². The van der Waals surface area contributed by atoms with Gasteiger partial charge in [-0.25, -0.2) is 0 Å². The van der Waals surface area contributed by atoms with Crippen LogP contribution in [0.3, 0.4) is 0 Å². The van der Waals surface area contributed by atoms with Gasteiger partial charge in [0.05, 0.1) is 13.2 Å². The highest BCUT2D eigenvalue weighted by Crippen LogP contribution is 2.35. The Morgan fingerprint density at radius 3 is 2.78 bits per heavy atom. The molecule has 18 heavy (non-hydrogen) atoms. The van der Waals surface area contributed by atoms with Crippen LogP contribution in [0, 0.1) is 0 Å². The van der Waals surface area contributed by atoms with Gasteiger partial charge in [0.1, 0.15) is 5.75 Å². The predicted molar refractivity (Wildman–Crippen MR) is 76.4 cm³/mol. The normalized spacial score (nSPS) is 17.2. The van der Waals surface area contributed by atoms with Gasteiger partial charge >= 0.3 is 0 Å². The highest BCUT2D eigenvalue weighted by molar-refractivity contribution is 6.30. The van der Waals surface area contributed by atoms with E-state index in [0.29, 0.717) is 0 Å². The van der Waals surface area contributed by atoms with Crippen LogP contribution < -0.4 is 10.1 Å². The number of ether oxygens (including phenoxy) is 1. The molecule has 0 saturated carbocycles. The van der Waals surface area contributed by atoms with Gasteiger partial charge in [-0.15, -0.1) is 0 Å². The zero-order chi connectivity index (χ0) is 13.0. The first-order chi connectivity index (χ1) is 8.76. The Morgan fingerprint density at radius 1 is 1.33 bits per heavy atom. The van der Waals surface area contributed by atoms with Gasteiger partial charge in [0, 0.05) is 10.6 Å². The first-order valence-electron chi connectivity index (χ1n) is 6.46. The maximum absolute atomic E-state index is 6.11. The van der Waals surface area contributed by atoms with Crippen LogP contribution in [0.25, 0.3) is 0 Å². The number of rotatable bonds is 4. The van der Waals surface area contributed by atoms with E-state index in [1.807, 2.05) is 25.2 Å². The molecule has 0 saturated heterocycles. The first kappa shape index (κ1) is 13.4. The van der Waals surface area contributed by atoms with E-state index in [1.54, 1.807) is 7.11 Å². The molecule has 2 rings (SSSR count). The van der Waals surface area contributed by atoms with E-state index >= 15 is 0 Å². The molecule has 0 spiro atoms. The van der Waals surface area contributed by atoms with Crippen molar-refractivity contribution in [2.75, 3.05) is 14.2 Å². The molecule has 1 aromatic rings. The molecule has 3 heteroatoms. The quantitative estimate of drug-likeness (QED) is 0.828. The molecule has 0 bridgehead atoms. The average molecular weight is 266 g/mol. The molecule has 1 N–H and O–H groups in total. The monoisotopic (exact) mass is 265 g/mol. The van der Waals surface area contributed by atoms with Crippen LogP contribution in [-0.2, 0) is 0 Å². The summed E-state index contributed by atoms with van der Waals surface area (Å²) in [5.74, 6) is 0.894. The van der Waals surface area contributed by atoms with Crippen LogP contribution in [0.5, 0.6) is 5.75 Å². The number of hydrogen-bond acceptors (Lipinski definition) is 2. The van der Waals surface area contributed by atoms with E-state index in [9.17, 15) is 0 Å². The Bertz CT molecular complexity index is 442. The molecule has 0 aliphatic heterocycles. The molecule has 1 aliphatic carbocycles. The lowest BCUT2D eigenvalue weighted by Gasteiger charge is -2.25. The fourth-order valence-electron chi connectivity index (χ4n) is 2.60. The van der Waals surface area contributed by atoms with Crippen molar-refractivity contribution in [2.24, 2.45) is 0 Å². The van der Waals surface area contributed by atoms with E-state index < -0.39 is 0 Å². The van der Waals surface area contributed by atoms with Crippen LogP contribution >= 0.6 is 11.6 Å². The molecule has 0 amide bonds. The van der Waals surface area contributed by atoms with Crippen LogP contribution in [0.15, 0.2) is 29.8 Å². The summed E-state index contributed by atoms with van der Waals surface area (Å²) < 4.78 is 5.45. The topological polar surface area (TPSA) is 21.3 Å². The summed E-state index contributed by atoms with van der Waals surface area (Å²) in [5, 5.41) is 4.14. The van der Waals surface area contributed by atoms with Gasteiger partial charge in [-0.1, -0.05) is 23.3 Å². The molecular weight excluding hydrogens is 246 g/mol. The fourth-order valence-corrected chi connectivity index (χ4v) is 2.78. The smallest absolute Gasteiger partial charge is 0.124 e. The average Bonchev–Trinajstić information content (AvgIpc) is 2.41. The molecule has 2 nitrogen and oxygen atoms in total. The Hall–Kier alpha value is -0.990. The summed E-state index contributed by atoms with van der Waals surface area (Å²) >= 11 is 6.11. The summed E-state index contributed by atoms with van der Waals surface area (Å²) in [4.78, 5) is 0. The zero-order valence-electron chi connectivity index (χ0n) is 11.0. The van der Waals surface area contributed by atoms with Gasteiger partial charge in [-0.05, 0) is 50.9 Å². The van der Waals surface area contributed by atoms with E-state index in [2.05, 4.69) is 11.4 Å². The van der Waals surface area contributed by atoms with Gasteiger partial charge < -0.3 is 10.1 Å². The van der Waals surface area contributed by atoms with Crippen molar-refractivity contribution < 1.29 is 4.74 Å². The van der Waals surface area contributed by atoms with E-state index in [-0.39, 0.29) is 6.04 Å². The largest absolute Gasteiger partial charge is 0.496 e. The summed E-state index contributed by atoms with van der Waals surface area (Å²) in [6.07, 6.45) is 7.25. The summed E-state index contributed by atoms with van der Waals surface area (Å²) in [6.45, 7) is 0. The molecule has 0 aromatic heterocycles. The van der Waals surface area contributed by atoms with Crippen molar-refractivity contribution >= 4 is 11.6 Å². The predicted octanol–water partition coefficient (Wildman–Crippen LogP) is 4.11. The summed E-state index contributed by atoms with van der Waals surface area (Å²) in [6, 6.07) is 6.01. The lowest BCUT2D eigenvalue weighted by atomic mass is 9.89. The molecule has 98 valence electrons. The molecule has 0 fully saturated rings. The van der Waals surface area contributed by atoms with Crippen LogP contribution in [-0.4, -0.2) is 14.2 Å². The number of likely N-dealkylation sites (N-methyl/N-ethyl adjacent to an activating group) is 1. The Morgan fingerprint density at radius 2 is 2.17 bits per heavy atom. The number of nitrogens with one attached hydrogen (secondary N) is 1. The van der Waals surface area contributed by atoms with Gasteiger partial charge in [0.15, 0.2) is 0 Å². The van der Waals surface area contributed by atoms with Crippen LogP contribution in [0.1, 0.15) is 37.3 Å². The van der Waals surface area contributed by atoms with E-state index in [4.69, 9.17) is 16.3 Å². The SMILES string of the molecule is CNC(C1=CCCCC1)c1cc(Cl)ccc1OC. The molecule has 1 aromatic carbocycles. The Kier molecular flexibility index (Phi) is 4.67. The van der Waals surface area contributed by atoms with Crippen molar-refractivity contribution in [1.82, 2.24) is 5.32 Å². The van der Waals surface area contributed by atoms with Crippen molar-refractivity contribution in [3.63, 3.8) is 0 Å². The standard InChI is InChI=1S/C15H20ClNO/c1-17-15(11-6-4-3-5-7-11)13-10-12(16)8-9-14(13)18-2/h6,8-10,15,17H,3-5,7H2,1-2H3. The molecule has 0 radical (unpaired) electrons. The van der Waals surface area contributed by atoms with Crippen LogP contribution in [0.2, 0.25) is 5.02 Å². The summed E-state index contributed by atoms with van der Waals surface area (Å²) in [5.41, 5.74) is 2.57. The molecule has 1 atom stereocenters. The Labute approximate surface area is 114 Å². The second kappa shape index (κ2) is 6.26. The minimum atomic E-state index is 0.207. The van der Waals surface area contributed by atoms with Crippen LogP contribution in [0.4, 0.5) is 0 Å². The Balaban J connectivity index is 2.37.